The van der Waals surface area contributed by atoms with Crippen LogP contribution in [0, 0.1) is 6.92 Å². The molecule has 3 aromatic carbocycles. The summed E-state index contributed by atoms with van der Waals surface area (Å²) in [7, 11) is 4.45. The minimum absolute atomic E-state index is 0.0662. The number of aromatic nitrogens is 1. The second-order valence-electron chi connectivity index (χ2n) is 8.62. The summed E-state index contributed by atoms with van der Waals surface area (Å²) in [4.78, 5) is 32.1. The van der Waals surface area contributed by atoms with Gasteiger partial charge in [-0.1, -0.05) is 30.3 Å². The highest BCUT2D eigenvalue weighted by Crippen LogP contribution is 2.47. The van der Waals surface area contributed by atoms with E-state index in [1.165, 1.54) is 26.2 Å². The van der Waals surface area contributed by atoms with E-state index in [9.17, 15) is 14.7 Å². The van der Waals surface area contributed by atoms with Crippen LogP contribution in [0.3, 0.4) is 0 Å². The molecule has 1 amide bonds. The molecule has 2 heterocycles. The smallest absolute Gasteiger partial charge is 0.300 e. The number of hydrogen-bond donors (Lipinski definition) is 2. The number of carbonyl (C=O) groups excluding carboxylic acids is 2. The van der Waals surface area contributed by atoms with Gasteiger partial charge in [0, 0.05) is 33.9 Å². The van der Waals surface area contributed by atoms with Crippen LogP contribution in [0.25, 0.3) is 16.7 Å². The van der Waals surface area contributed by atoms with Crippen LogP contribution in [0.15, 0.2) is 72.3 Å². The average molecular weight is 499 g/mol. The van der Waals surface area contributed by atoms with Gasteiger partial charge < -0.3 is 24.3 Å². The molecule has 1 aliphatic rings. The summed E-state index contributed by atoms with van der Waals surface area (Å²) < 4.78 is 16.3. The van der Waals surface area contributed by atoms with E-state index in [4.69, 9.17) is 14.2 Å². The zero-order valence-corrected chi connectivity index (χ0v) is 20.9. The Morgan fingerprint density at radius 3 is 2.24 bits per heavy atom. The maximum absolute atomic E-state index is 13.7. The van der Waals surface area contributed by atoms with Gasteiger partial charge in [0.15, 0.2) is 0 Å². The molecule has 1 fully saturated rings. The molecular formula is C29H26N2O6. The highest BCUT2D eigenvalue weighted by molar-refractivity contribution is 6.52. The van der Waals surface area contributed by atoms with Crippen LogP contribution in [0.4, 0.5) is 5.69 Å². The number of rotatable bonds is 6. The summed E-state index contributed by atoms with van der Waals surface area (Å²) in [5, 5.41) is 12.5. The fourth-order valence-electron chi connectivity index (χ4n) is 5.00. The third-order valence-electron chi connectivity index (χ3n) is 6.66. The van der Waals surface area contributed by atoms with Gasteiger partial charge >= 0.3 is 0 Å². The molecule has 0 spiro atoms. The molecule has 1 saturated heterocycles. The highest BCUT2D eigenvalue weighted by Gasteiger charge is 2.49. The zero-order valence-electron chi connectivity index (χ0n) is 20.9. The molecule has 5 rings (SSSR count). The first-order chi connectivity index (χ1) is 17.9. The molecule has 4 aromatic rings. The number of aryl methyl sites for hydroxylation is 1. The largest absolute Gasteiger partial charge is 0.506 e. The molecule has 188 valence electrons. The first kappa shape index (κ1) is 24.0. The molecule has 0 aliphatic carbocycles. The van der Waals surface area contributed by atoms with E-state index in [2.05, 4.69) is 4.98 Å². The van der Waals surface area contributed by atoms with Crippen LogP contribution in [0.5, 0.6) is 17.2 Å². The Bertz CT molecular complexity index is 1550. The zero-order chi connectivity index (χ0) is 26.3. The van der Waals surface area contributed by atoms with Crippen molar-refractivity contribution >= 4 is 34.0 Å². The number of anilines is 1. The molecule has 8 nitrogen and oxygen atoms in total. The van der Waals surface area contributed by atoms with Crippen LogP contribution in [-0.4, -0.2) is 43.1 Å². The monoisotopic (exact) mass is 498 g/mol. The van der Waals surface area contributed by atoms with E-state index >= 15 is 0 Å². The van der Waals surface area contributed by atoms with E-state index in [1.54, 1.807) is 42.5 Å². The predicted octanol–water partition coefficient (Wildman–Crippen LogP) is 5.13. The van der Waals surface area contributed by atoms with E-state index in [0.29, 0.717) is 28.5 Å². The van der Waals surface area contributed by atoms with E-state index in [0.717, 1.165) is 16.6 Å². The number of hydrogen-bond acceptors (Lipinski definition) is 6. The number of benzene rings is 3. The maximum atomic E-state index is 13.7. The van der Waals surface area contributed by atoms with Crippen molar-refractivity contribution in [1.82, 2.24) is 4.98 Å². The molecular weight excluding hydrogens is 472 g/mol. The normalized spacial score (nSPS) is 16.9. The third-order valence-corrected chi connectivity index (χ3v) is 6.66. The van der Waals surface area contributed by atoms with Crippen molar-refractivity contribution in [2.24, 2.45) is 0 Å². The molecule has 0 bridgehead atoms. The Kier molecular flexibility index (Phi) is 6.09. The molecule has 37 heavy (non-hydrogen) atoms. The number of para-hydroxylation sites is 1. The fourth-order valence-corrected chi connectivity index (χ4v) is 5.00. The number of Topliss-reactive ketones (excluding diaryl/α,β-unsaturated/α-hetero) is 1. The number of nitrogens with zero attached hydrogens (tertiary/aromatic N) is 1. The molecule has 1 atom stereocenters. The topological polar surface area (TPSA) is 101 Å². The number of aromatic amines is 1. The Morgan fingerprint density at radius 2 is 1.57 bits per heavy atom. The quantitative estimate of drug-likeness (QED) is 0.217. The van der Waals surface area contributed by atoms with Crippen molar-refractivity contribution in [2.45, 2.75) is 13.0 Å². The Hall–Kier alpha value is -4.72. The van der Waals surface area contributed by atoms with Gasteiger partial charge in [-0.05, 0) is 37.3 Å². The van der Waals surface area contributed by atoms with Gasteiger partial charge in [-0.25, -0.2) is 0 Å². The first-order valence-corrected chi connectivity index (χ1v) is 11.6. The molecule has 1 aromatic heterocycles. The van der Waals surface area contributed by atoms with E-state index in [-0.39, 0.29) is 16.9 Å². The van der Waals surface area contributed by atoms with Gasteiger partial charge in [-0.2, -0.15) is 0 Å². The predicted molar refractivity (Wildman–Crippen MR) is 140 cm³/mol. The highest BCUT2D eigenvalue weighted by atomic mass is 16.5. The van der Waals surface area contributed by atoms with Crippen molar-refractivity contribution in [1.29, 1.82) is 0 Å². The van der Waals surface area contributed by atoms with Crippen LogP contribution >= 0.6 is 0 Å². The summed E-state index contributed by atoms with van der Waals surface area (Å²) in [5.74, 6) is -0.827. The lowest BCUT2D eigenvalue weighted by molar-refractivity contribution is -0.132. The number of fused-ring (bicyclic) bond motifs is 1. The van der Waals surface area contributed by atoms with Crippen molar-refractivity contribution < 1.29 is 28.9 Å². The molecule has 0 saturated carbocycles. The van der Waals surface area contributed by atoms with Crippen LogP contribution in [-0.2, 0) is 9.59 Å². The van der Waals surface area contributed by atoms with Crippen molar-refractivity contribution in [3.63, 3.8) is 0 Å². The minimum atomic E-state index is -0.933. The summed E-state index contributed by atoms with van der Waals surface area (Å²) in [6.45, 7) is 1.88. The summed E-state index contributed by atoms with van der Waals surface area (Å²) in [6.07, 6.45) is 0. The summed E-state index contributed by atoms with van der Waals surface area (Å²) in [5.41, 5.74) is 2.90. The number of aliphatic hydroxyl groups is 1. The van der Waals surface area contributed by atoms with Gasteiger partial charge in [0.25, 0.3) is 11.7 Å². The number of aliphatic hydroxyl groups excluding tert-OH is 1. The summed E-state index contributed by atoms with van der Waals surface area (Å²) >= 11 is 0. The van der Waals surface area contributed by atoms with E-state index < -0.39 is 17.7 Å². The fraction of sp³-hybridized carbons (Fsp3) is 0.172. The second kappa shape index (κ2) is 9.39. The number of methoxy groups -OCH3 is 3. The number of carbonyl (C=O) groups is 2. The lowest BCUT2D eigenvalue weighted by Crippen LogP contribution is -2.29. The first-order valence-electron chi connectivity index (χ1n) is 11.6. The van der Waals surface area contributed by atoms with Gasteiger partial charge in [0.2, 0.25) is 0 Å². The van der Waals surface area contributed by atoms with Gasteiger partial charge in [-0.15, -0.1) is 0 Å². The number of H-pyrrole nitrogens is 1. The van der Waals surface area contributed by atoms with Crippen LogP contribution < -0.4 is 19.1 Å². The number of nitrogens with one attached hydrogen (secondary N) is 1. The van der Waals surface area contributed by atoms with E-state index in [1.807, 2.05) is 31.2 Å². The van der Waals surface area contributed by atoms with Crippen molar-refractivity contribution in [3.8, 4) is 17.2 Å². The Labute approximate surface area is 213 Å². The molecule has 0 radical (unpaired) electrons. The molecule has 8 heteroatoms. The minimum Gasteiger partial charge on any atom is -0.506 e. The molecule has 2 N–H and O–H groups in total. The van der Waals surface area contributed by atoms with Crippen molar-refractivity contribution in [2.75, 3.05) is 26.2 Å². The third kappa shape index (κ3) is 3.78. The van der Waals surface area contributed by atoms with Gasteiger partial charge in [-0.3, -0.25) is 14.5 Å². The maximum Gasteiger partial charge on any atom is 0.300 e. The van der Waals surface area contributed by atoms with Gasteiger partial charge in [0.05, 0.1) is 32.9 Å². The number of ether oxygens (including phenoxy) is 3. The molecule has 1 aliphatic heterocycles. The Balaban J connectivity index is 1.86. The number of amides is 1. The Morgan fingerprint density at radius 1 is 0.892 bits per heavy atom. The SMILES string of the molecule is COc1cccc(N2C(=O)C(=O)/C(=C(/O)c3c(OC)cccc3OC)C2c2c(C)[nH]c3ccccc23)c1. The average Bonchev–Trinajstić information content (AvgIpc) is 3.39. The number of ketones is 1. The lowest BCUT2D eigenvalue weighted by Gasteiger charge is -2.26. The second-order valence-corrected chi connectivity index (χ2v) is 8.62. The van der Waals surface area contributed by atoms with Gasteiger partial charge in [0.1, 0.15) is 28.6 Å². The van der Waals surface area contributed by atoms with Crippen molar-refractivity contribution in [3.05, 3.63) is 89.1 Å². The van der Waals surface area contributed by atoms with Crippen LogP contribution in [0.1, 0.15) is 22.9 Å². The molecule has 1 unspecified atom stereocenters. The standard InChI is InChI=1S/C29H26N2O6/c1-16-23(19-11-5-6-12-20(19)30-16)26-25(27(32)24-21(36-3)13-8-14-22(24)37-4)28(33)29(34)31(26)17-9-7-10-18(15-17)35-2/h5-15,26,30,32H,1-4H3/b27-25+. The summed E-state index contributed by atoms with van der Waals surface area (Å²) in [6, 6.07) is 18.6. The van der Waals surface area contributed by atoms with Crippen LogP contribution in [0.2, 0.25) is 0 Å². The lowest BCUT2D eigenvalue weighted by atomic mass is 9.92.